The van der Waals surface area contributed by atoms with Gasteiger partial charge in [-0.1, -0.05) is 36.4 Å². The van der Waals surface area contributed by atoms with Crippen molar-refractivity contribution < 1.29 is 4.79 Å². The number of rotatable bonds is 7. The standard InChI is InChI=1S/C24H28N4O3/c1-2-27-23(30)20-11-5-6-12-21(20)28(24(27)31)17-22(29)25-15-18-9-3-4-10-19(18)16-26-13-7-8-14-26/h3-6,9-12H,2,7-8,13-17H2,1H3,(H,25,29). The minimum Gasteiger partial charge on any atom is -0.350 e. The molecule has 0 unspecified atom stereocenters. The molecule has 0 atom stereocenters. The molecule has 1 saturated heterocycles. The number of para-hydroxylation sites is 1. The highest BCUT2D eigenvalue weighted by atomic mass is 16.2. The number of likely N-dealkylation sites (tertiary alicyclic amines) is 1. The average molecular weight is 421 g/mol. The van der Waals surface area contributed by atoms with E-state index in [4.69, 9.17) is 0 Å². The topological polar surface area (TPSA) is 76.3 Å². The quantitative estimate of drug-likeness (QED) is 0.635. The molecule has 0 radical (unpaired) electrons. The smallest absolute Gasteiger partial charge is 0.331 e. The van der Waals surface area contributed by atoms with E-state index < -0.39 is 5.69 Å². The van der Waals surface area contributed by atoms with Gasteiger partial charge in [0.25, 0.3) is 5.56 Å². The van der Waals surface area contributed by atoms with Gasteiger partial charge in [-0.05, 0) is 56.1 Å². The van der Waals surface area contributed by atoms with Crippen LogP contribution < -0.4 is 16.6 Å². The minimum atomic E-state index is -0.462. The van der Waals surface area contributed by atoms with E-state index >= 15 is 0 Å². The van der Waals surface area contributed by atoms with Crippen LogP contribution in [0.15, 0.2) is 58.1 Å². The highest BCUT2D eigenvalue weighted by Gasteiger charge is 2.16. The van der Waals surface area contributed by atoms with Crippen LogP contribution >= 0.6 is 0 Å². The first kappa shape index (κ1) is 21.1. The molecule has 1 aliphatic heterocycles. The maximum Gasteiger partial charge on any atom is 0.331 e. The summed E-state index contributed by atoms with van der Waals surface area (Å²) in [4.78, 5) is 40.6. The number of carbonyl (C=O) groups is 1. The normalized spacial score (nSPS) is 14.2. The van der Waals surface area contributed by atoms with E-state index in [1.807, 2.05) is 18.2 Å². The molecule has 1 fully saturated rings. The lowest BCUT2D eigenvalue weighted by Crippen LogP contribution is -2.42. The number of fused-ring (bicyclic) bond motifs is 1. The number of amides is 1. The summed E-state index contributed by atoms with van der Waals surface area (Å²) in [5, 5.41) is 3.39. The van der Waals surface area contributed by atoms with Crippen molar-refractivity contribution in [2.24, 2.45) is 0 Å². The molecule has 1 amide bonds. The van der Waals surface area contributed by atoms with Crippen molar-refractivity contribution in [1.82, 2.24) is 19.4 Å². The van der Waals surface area contributed by atoms with Gasteiger partial charge in [-0.2, -0.15) is 0 Å². The third-order valence-corrected chi connectivity index (χ3v) is 5.94. The van der Waals surface area contributed by atoms with Gasteiger partial charge in [-0.15, -0.1) is 0 Å². The van der Waals surface area contributed by atoms with E-state index in [-0.39, 0.29) is 24.6 Å². The Morgan fingerprint density at radius 2 is 1.61 bits per heavy atom. The Hall–Kier alpha value is -3.19. The predicted octanol–water partition coefficient (Wildman–Crippen LogP) is 2.10. The Bertz CT molecular complexity index is 1210. The second kappa shape index (κ2) is 9.31. The van der Waals surface area contributed by atoms with Gasteiger partial charge in [-0.3, -0.25) is 23.6 Å². The summed E-state index contributed by atoms with van der Waals surface area (Å²) in [7, 11) is 0. The largest absolute Gasteiger partial charge is 0.350 e. The fourth-order valence-corrected chi connectivity index (χ4v) is 4.26. The van der Waals surface area contributed by atoms with Crippen molar-refractivity contribution in [2.45, 2.75) is 45.9 Å². The second-order valence-electron chi connectivity index (χ2n) is 7.96. The molecule has 0 spiro atoms. The number of hydrogen-bond acceptors (Lipinski definition) is 4. The molecule has 2 heterocycles. The van der Waals surface area contributed by atoms with Gasteiger partial charge in [0.1, 0.15) is 6.54 Å². The summed E-state index contributed by atoms with van der Waals surface area (Å²) >= 11 is 0. The third kappa shape index (κ3) is 4.46. The summed E-state index contributed by atoms with van der Waals surface area (Å²) in [5.41, 5.74) is 1.99. The molecular formula is C24H28N4O3. The van der Waals surface area contributed by atoms with E-state index in [2.05, 4.69) is 16.3 Å². The highest BCUT2D eigenvalue weighted by Crippen LogP contribution is 2.16. The second-order valence-corrected chi connectivity index (χ2v) is 7.96. The molecule has 162 valence electrons. The highest BCUT2D eigenvalue weighted by molar-refractivity contribution is 5.81. The van der Waals surface area contributed by atoms with Crippen molar-refractivity contribution >= 4 is 16.8 Å². The SMILES string of the molecule is CCn1c(=O)c2ccccc2n(CC(=O)NCc2ccccc2CN2CCCC2)c1=O. The fourth-order valence-electron chi connectivity index (χ4n) is 4.26. The molecule has 0 bridgehead atoms. The summed E-state index contributed by atoms with van der Waals surface area (Å²) in [6.45, 7) is 5.40. The summed E-state index contributed by atoms with van der Waals surface area (Å²) in [6, 6.07) is 15.1. The van der Waals surface area contributed by atoms with Crippen LogP contribution in [0.4, 0.5) is 0 Å². The van der Waals surface area contributed by atoms with Crippen molar-refractivity contribution in [1.29, 1.82) is 0 Å². The Morgan fingerprint density at radius 3 is 2.35 bits per heavy atom. The van der Waals surface area contributed by atoms with E-state index in [1.165, 1.54) is 27.5 Å². The molecule has 7 heteroatoms. The fraction of sp³-hybridized carbons (Fsp3) is 0.375. The zero-order valence-corrected chi connectivity index (χ0v) is 17.8. The third-order valence-electron chi connectivity index (χ3n) is 5.94. The van der Waals surface area contributed by atoms with E-state index in [0.717, 1.165) is 25.2 Å². The van der Waals surface area contributed by atoms with Crippen LogP contribution in [0.3, 0.4) is 0 Å². The molecular weight excluding hydrogens is 392 g/mol. The number of carbonyl (C=O) groups excluding carboxylic acids is 1. The molecule has 4 rings (SSSR count). The number of nitrogens with zero attached hydrogens (tertiary/aromatic N) is 3. The van der Waals surface area contributed by atoms with Gasteiger partial charge in [-0.25, -0.2) is 4.79 Å². The molecule has 2 aromatic carbocycles. The van der Waals surface area contributed by atoms with Gasteiger partial charge in [0.05, 0.1) is 10.9 Å². The Morgan fingerprint density at radius 1 is 0.935 bits per heavy atom. The van der Waals surface area contributed by atoms with Gasteiger partial charge in [0.15, 0.2) is 0 Å². The minimum absolute atomic E-state index is 0.131. The van der Waals surface area contributed by atoms with E-state index in [1.54, 1.807) is 31.2 Å². The van der Waals surface area contributed by atoms with Gasteiger partial charge < -0.3 is 5.32 Å². The number of hydrogen-bond donors (Lipinski definition) is 1. The van der Waals surface area contributed by atoms with Crippen LogP contribution in [-0.2, 0) is 31.0 Å². The summed E-state index contributed by atoms with van der Waals surface area (Å²) in [5.74, 6) is -0.260. The van der Waals surface area contributed by atoms with Gasteiger partial charge >= 0.3 is 5.69 Å². The lowest BCUT2D eigenvalue weighted by molar-refractivity contribution is -0.121. The van der Waals surface area contributed by atoms with Crippen LogP contribution in [0.5, 0.6) is 0 Å². The Balaban J connectivity index is 1.52. The predicted molar refractivity (Wildman–Crippen MR) is 121 cm³/mol. The average Bonchev–Trinajstić information content (AvgIpc) is 3.29. The Kier molecular flexibility index (Phi) is 6.32. The van der Waals surface area contributed by atoms with Crippen LogP contribution in [0.2, 0.25) is 0 Å². The molecule has 31 heavy (non-hydrogen) atoms. The first-order valence-corrected chi connectivity index (χ1v) is 10.9. The lowest BCUT2D eigenvalue weighted by Gasteiger charge is -2.18. The van der Waals surface area contributed by atoms with Crippen LogP contribution in [0.1, 0.15) is 30.9 Å². The summed E-state index contributed by atoms with van der Waals surface area (Å²) < 4.78 is 2.55. The first-order chi connectivity index (χ1) is 15.1. The number of aromatic nitrogens is 2. The molecule has 7 nitrogen and oxygen atoms in total. The number of benzene rings is 2. The molecule has 0 saturated carbocycles. The van der Waals surface area contributed by atoms with Crippen molar-refractivity contribution in [3.63, 3.8) is 0 Å². The van der Waals surface area contributed by atoms with E-state index in [0.29, 0.717) is 17.4 Å². The van der Waals surface area contributed by atoms with Crippen LogP contribution in [0.25, 0.3) is 10.9 Å². The van der Waals surface area contributed by atoms with Gasteiger partial charge in [0, 0.05) is 19.6 Å². The molecule has 1 aromatic heterocycles. The summed E-state index contributed by atoms with van der Waals surface area (Å²) in [6.07, 6.45) is 2.48. The zero-order valence-electron chi connectivity index (χ0n) is 17.8. The van der Waals surface area contributed by atoms with E-state index in [9.17, 15) is 14.4 Å². The maximum absolute atomic E-state index is 12.8. The maximum atomic E-state index is 12.8. The molecule has 1 aliphatic rings. The van der Waals surface area contributed by atoms with Crippen LogP contribution in [-0.4, -0.2) is 33.0 Å². The molecule has 3 aromatic rings. The number of nitrogens with one attached hydrogen (secondary N) is 1. The van der Waals surface area contributed by atoms with Crippen molar-refractivity contribution in [3.05, 3.63) is 80.5 Å². The van der Waals surface area contributed by atoms with Crippen molar-refractivity contribution in [3.8, 4) is 0 Å². The van der Waals surface area contributed by atoms with Crippen LogP contribution in [0, 0.1) is 0 Å². The van der Waals surface area contributed by atoms with Gasteiger partial charge in [0.2, 0.25) is 5.91 Å². The monoisotopic (exact) mass is 420 g/mol. The molecule has 0 aliphatic carbocycles. The Labute approximate surface area is 180 Å². The zero-order chi connectivity index (χ0) is 21.8. The van der Waals surface area contributed by atoms with Crippen molar-refractivity contribution in [2.75, 3.05) is 13.1 Å². The lowest BCUT2D eigenvalue weighted by atomic mass is 10.1. The molecule has 1 N–H and O–H groups in total. The first-order valence-electron chi connectivity index (χ1n) is 10.9.